The Morgan fingerprint density at radius 3 is 2.44 bits per heavy atom. The number of hydrogen-bond donors (Lipinski definition) is 1. The number of morpholine rings is 1. The van der Waals surface area contributed by atoms with Gasteiger partial charge in [0.15, 0.2) is 0 Å². The predicted octanol–water partition coefficient (Wildman–Crippen LogP) is 2.92. The van der Waals surface area contributed by atoms with Crippen molar-refractivity contribution in [1.82, 2.24) is 4.90 Å². The molecule has 2 aliphatic rings. The fraction of sp³-hybridized carbons (Fsp3) is 0.292. The van der Waals surface area contributed by atoms with E-state index in [1.807, 2.05) is 6.92 Å². The van der Waals surface area contributed by atoms with E-state index in [1.165, 1.54) is 14.2 Å². The van der Waals surface area contributed by atoms with Crippen molar-refractivity contribution in [2.24, 2.45) is 0 Å². The van der Waals surface area contributed by atoms with Gasteiger partial charge in [-0.3, -0.25) is 14.4 Å². The molecule has 2 heterocycles. The van der Waals surface area contributed by atoms with Crippen LogP contribution in [-0.2, 0) is 14.3 Å². The van der Waals surface area contributed by atoms with E-state index < -0.39 is 11.8 Å². The number of rotatable bonds is 6. The third-order valence-corrected chi connectivity index (χ3v) is 6.05. The highest BCUT2D eigenvalue weighted by atomic mass is 35.5. The highest BCUT2D eigenvalue weighted by Crippen LogP contribution is 2.38. The van der Waals surface area contributed by atoms with E-state index in [4.69, 9.17) is 25.8 Å². The van der Waals surface area contributed by atoms with Crippen LogP contribution in [0.2, 0.25) is 0 Å². The third-order valence-electron chi connectivity index (χ3n) is 5.70. The van der Waals surface area contributed by atoms with Gasteiger partial charge in [-0.2, -0.15) is 0 Å². The Bertz CT molecular complexity index is 1190. The quantitative estimate of drug-likeness (QED) is 0.628. The highest BCUT2D eigenvalue weighted by molar-refractivity contribution is 6.53. The van der Waals surface area contributed by atoms with E-state index in [-0.39, 0.29) is 28.1 Å². The van der Waals surface area contributed by atoms with Crippen molar-refractivity contribution < 1.29 is 28.6 Å². The number of aryl methyl sites for hydroxylation is 1. The zero-order valence-corrected chi connectivity index (χ0v) is 19.8. The summed E-state index contributed by atoms with van der Waals surface area (Å²) in [6.07, 6.45) is 0. The molecule has 1 saturated heterocycles. The van der Waals surface area contributed by atoms with Crippen molar-refractivity contribution in [2.75, 3.05) is 50.7 Å². The van der Waals surface area contributed by atoms with Crippen LogP contribution in [-0.4, -0.2) is 63.1 Å². The smallest absolute Gasteiger partial charge is 0.283 e. The molecule has 34 heavy (non-hydrogen) atoms. The van der Waals surface area contributed by atoms with Crippen molar-refractivity contribution >= 4 is 40.7 Å². The number of nitrogens with zero attached hydrogens (tertiary/aromatic N) is 2. The van der Waals surface area contributed by atoms with Gasteiger partial charge >= 0.3 is 0 Å². The Hall–Kier alpha value is -3.56. The Kier molecular flexibility index (Phi) is 6.76. The van der Waals surface area contributed by atoms with Crippen LogP contribution in [0.3, 0.4) is 0 Å². The molecule has 4 rings (SSSR count). The fourth-order valence-corrected chi connectivity index (χ4v) is 3.99. The lowest BCUT2D eigenvalue weighted by Gasteiger charge is -2.27. The van der Waals surface area contributed by atoms with E-state index >= 15 is 0 Å². The highest BCUT2D eigenvalue weighted by Gasteiger charge is 2.40. The molecular formula is C24H24ClN3O6. The molecule has 2 aromatic carbocycles. The number of hydrogen-bond acceptors (Lipinski definition) is 7. The number of imide groups is 1. The molecule has 0 radical (unpaired) electrons. The number of benzene rings is 2. The lowest BCUT2D eigenvalue weighted by atomic mass is 10.1. The second kappa shape index (κ2) is 9.74. The Balaban J connectivity index is 1.62. The number of anilines is 2. The number of nitrogens with one attached hydrogen (secondary N) is 1. The van der Waals surface area contributed by atoms with Gasteiger partial charge in [0.1, 0.15) is 22.2 Å². The van der Waals surface area contributed by atoms with Gasteiger partial charge in [0.05, 0.1) is 33.1 Å². The molecule has 10 heteroatoms. The molecule has 0 unspecified atom stereocenters. The largest absolute Gasteiger partial charge is 0.497 e. The van der Waals surface area contributed by atoms with Gasteiger partial charge in [0.25, 0.3) is 17.7 Å². The predicted molar refractivity (Wildman–Crippen MR) is 126 cm³/mol. The number of ether oxygens (including phenoxy) is 3. The summed E-state index contributed by atoms with van der Waals surface area (Å²) in [5, 5.41) is 2.71. The molecular weight excluding hydrogens is 462 g/mol. The molecule has 3 amide bonds. The molecule has 178 valence electrons. The molecule has 0 spiro atoms. The van der Waals surface area contributed by atoms with Crippen molar-refractivity contribution in [3.05, 3.63) is 58.3 Å². The summed E-state index contributed by atoms with van der Waals surface area (Å²) >= 11 is 6.30. The van der Waals surface area contributed by atoms with Gasteiger partial charge in [-0.1, -0.05) is 17.7 Å². The standard InChI is InChI=1S/C24H24ClN3O6/c1-14-4-5-15(22(29)27-8-10-34-11-9-27)12-17(14)26-21-20(25)23(30)28(24(21)31)18-7-6-16(32-2)13-19(18)33-3/h4-7,12-13,26H,8-11H2,1-3H3. The summed E-state index contributed by atoms with van der Waals surface area (Å²) < 4.78 is 15.8. The van der Waals surface area contributed by atoms with Crippen LogP contribution >= 0.6 is 11.6 Å². The first-order valence-corrected chi connectivity index (χ1v) is 11.0. The zero-order chi connectivity index (χ0) is 24.4. The summed E-state index contributed by atoms with van der Waals surface area (Å²) in [7, 11) is 2.93. The summed E-state index contributed by atoms with van der Waals surface area (Å²) in [5.74, 6) is -0.668. The lowest BCUT2D eigenvalue weighted by molar-refractivity contribution is -0.120. The molecule has 0 aliphatic carbocycles. The van der Waals surface area contributed by atoms with E-state index in [2.05, 4.69) is 5.32 Å². The molecule has 1 fully saturated rings. The van der Waals surface area contributed by atoms with Crippen LogP contribution in [0.5, 0.6) is 11.5 Å². The normalized spacial score (nSPS) is 16.2. The summed E-state index contributed by atoms with van der Waals surface area (Å²) in [4.78, 5) is 41.7. The first kappa shape index (κ1) is 23.6. The monoisotopic (exact) mass is 485 g/mol. The maximum absolute atomic E-state index is 13.3. The van der Waals surface area contributed by atoms with Gasteiger partial charge < -0.3 is 24.4 Å². The van der Waals surface area contributed by atoms with Gasteiger partial charge in [-0.15, -0.1) is 0 Å². The summed E-state index contributed by atoms with van der Waals surface area (Å²) in [5.41, 5.74) is 1.88. The van der Waals surface area contributed by atoms with Gasteiger partial charge in [0, 0.05) is 30.4 Å². The first-order chi connectivity index (χ1) is 16.3. The van der Waals surface area contributed by atoms with Crippen LogP contribution in [0.4, 0.5) is 11.4 Å². The second-order valence-corrected chi connectivity index (χ2v) is 8.11. The summed E-state index contributed by atoms with van der Waals surface area (Å²) in [6.45, 7) is 3.83. The number of methoxy groups -OCH3 is 2. The van der Waals surface area contributed by atoms with Gasteiger partial charge in [-0.05, 0) is 36.8 Å². The number of carbonyl (C=O) groups excluding carboxylic acids is 3. The molecule has 0 saturated carbocycles. The molecule has 1 N–H and O–H groups in total. The van der Waals surface area contributed by atoms with E-state index in [0.29, 0.717) is 43.3 Å². The van der Waals surface area contributed by atoms with Crippen LogP contribution in [0, 0.1) is 6.92 Å². The Morgan fingerprint density at radius 1 is 1.03 bits per heavy atom. The average Bonchev–Trinajstić information content (AvgIpc) is 3.07. The van der Waals surface area contributed by atoms with Crippen LogP contribution in [0.1, 0.15) is 15.9 Å². The SMILES string of the molecule is COc1ccc(N2C(=O)C(Cl)=C(Nc3cc(C(=O)N4CCOCC4)ccc3C)C2=O)c(OC)c1. The molecule has 0 aromatic heterocycles. The van der Waals surface area contributed by atoms with Crippen LogP contribution < -0.4 is 19.7 Å². The minimum atomic E-state index is -0.684. The van der Waals surface area contributed by atoms with Crippen LogP contribution in [0.15, 0.2) is 47.1 Å². The van der Waals surface area contributed by atoms with E-state index in [1.54, 1.807) is 41.3 Å². The maximum atomic E-state index is 13.3. The molecule has 2 aromatic rings. The maximum Gasteiger partial charge on any atom is 0.283 e. The van der Waals surface area contributed by atoms with Crippen LogP contribution in [0.25, 0.3) is 0 Å². The van der Waals surface area contributed by atoms with E-state index in [0.717, 1.165) is 10.5 Å². The molecule has 9 nitrogen and oxygen atoms in total. The van der Waals surface area contributed by atoms with Crippen molar-refractivity contribution in [2.45, 2.75) is 6.92 Å². The first-order valence-electron chi connectivity index (χ1n) is 10.6. The average molecular weight is 486 g/mol. The van der Waals surface area contributed by atoms with Crippen molar-refractivity contribution in [3.8, 4) is 11.5 Å². The molecule has 0 bridgehead atoms. The van der Waals surface area contributed by atoms with E-state index in [9.17, 15) is 14.4 Å². The topological polar surface area (TPSA) is 97.4 Å². The van der Waals surface area contributed by atoms with Crippen molar-refractivity contribution in [3.63, 3.8) is 0 Å². The fourth-order valence-electron chi connectivity index (χ4n) is 3.77. The number of halogens is 1. The second-order valence-electron chi connectivity index (χ2n) is 7.73. The number of carbonyl (C=O) groups is 3. The minimum absolute atomic E-state index is 0.0800. The number of amides is 3. The lowest BCUT2D eigenvalue weighted by Crippen LogP contribution is -2.40. The zero-order valence-electron chi connectivity index (χ0n) is 19.0. The summed E-state index contributed by atoms with van der Waals surface area (Å²) in [6, 6.07) is 9.88. The third kappa shape index (κ3) is 4.32. The minimum Gasteiger partial charge on any atom is -0.497 e. The molecule has 0 atom stereocenters. The Labute approximate surface area is 201 Å². The molecule has 2 aliphatic heterocycles. The van der Waals surface area contributed by atoms with Gasteiger partial charge in [0.2, 0.25) is 0 Å². The van der Waals surface area contributed by atoms with Crippen molar-refractivity contribution in [1.29, 1.82) is 0 Å². The Morgan fingerprint density at radius 2 is 1.76 bits per heavy atom. The van der Waals surface area contributed by atoms with Gasteiger partial charge in [-0.25, -0.2) is 4.90 Å².